The van der Waals surface area contributed by atoms with Crippen LogP contribution in [0.15, 0.2) is 48.6 Å². The van der Waals surface area contributed by atoms with E-state index < -0.39 is 30.5 Å². The van der Waals surface area contributed by atoms with Crippen LogP contribution < -0.4 is 0 Å². The summed E-state index contributed by atoms with van der Waals surface area (Å²) in [5.74, 6) is -2.60. The highest BCUT2D eigenvalue weighted by Gasteiger charge is 2.50. The number of Topliss-reactive ketones (excluding diaryl/α,β-unsaturated/α-hetero) is 1. The van der Waals surface area contributed by atoms with E-state index in [1.807, 2.05) is 60.9 Å². The molecule has 1 aliphatic heterocycles. The molecule has 0 bridgehead atoms. The molecule has 1 saturated heterocycles. The lowest BCUT2D eigenvalue weighted by atomic mass is 9.85. The first-order valence-corrected chi connectivity index (χ1v) is 10.8. The van der Waals surface area contributed by atoms with Crippen molar-refractivity contribution in [3.63, 3.8) is 0 Å². The van der Waals surface area contributed by atoms with Crippen LogP contribution in [0.25, 0.3) is 5.69 Å². The van der Waals surface area contributed by atoms with Gasteiger partial charge < -0.3 is 9.30 Å². The smallest absolute Gasteiger partial charge is 0.329 e. The molecule has 2 aliphatic rings. The lowest BCUT2D eigenvalue weighted by Gasteiger charge is -2.21. The molecule has 32 heavy (non-hydrogen) atoms. The normalized spacial score (nSPS) is 20.9. The van der Waals surface area contributed by atoms with Gasteiger partial charge in [-0.1, -0.05) is 30.4 Å². The minimum Gasteiger partial charge on any atom is -0.456 e. The van der Waals surface area contributed by atoms with E-state index in [2.05, 4.69) is 0 Å². The summed E-state index contributed by atoms with van der Waals surface area (Å²) in [6.07, 6.45) is 4.79. The van der Waals surface area contributed by atoms with Crippen molar-refractivity contribution in [2.24, 2.45) is 11.8 Å². The van der Waals surface area contributed by atoms with Gasteiger partial charge in [-0.15, -0.1) is 0 Å². The maximum absolute atomic E-state index is 12.8. The molecular formula is C25H26N2O5. The predicted molar refractivity (Wildman–Crippen MR) is 117 cm³/mol. The van der Waals surface area contributed by atoms with E-state index in [9.17, 15) is 19.2 Å². The Morgan fingerprint density at radius 3 is 2.22 bits per heavy atom. The molecule has 7 heteroatoms. The van der Waals surface area contributed by atoms with Gasteiger partial charge in [-0.3, -0.25) is 19.3 Å². The Labute approximate surface area is 186 Å². The van der Waals surface area contributed by atoms with E-state index in [0.717, 1.165) is 22.0 Å². The fourth-order valence-electron chi connectivity index (χ4n) is 4.67. The molecule has 1 aromatic carbocycles. The van der Waals surface area contributed by atoms with Crippen molar-refractivity contribution in [1.29, 1.82) is 0 Å². The molecule has 1 aromatic heterocycles. The molecule has 0 radical (unpaired) electrons. The van der Waals surface area contributed by atoms with E-state index >= 15 is 0 Å². The van der Waals surface area contributed by atoms with Crippen molar-refractivity contribution >= 4 is 23.6 Å². The van der Waals surface area contributed by atoms with E-state index in [1.54, 1.807) is 6.07 Å². The molecule has 0 N–H and O–H groups in total. The number of fused-ring (bicyclic) bond motifs is 1. The molecule has 0 saturated carbocycles. The number of ether oxygens (including phenoxy) is 1. The first-order chi connectivity index (χ1) is 15.3. The van der Waals surface area contributed by atoms with Crippen LogP contribution in [-0.2, 0) is 19.1 Å². The van der Waals surface area contributed by atoms with Gasteiger partial charge in [-0.2, -0.15) is 0 Å². The minimum atomic E-state index is -1.06. The second kappa shape index (κ2) is 8.57. The highest BCUT2D eigenvalue weighted by Crippen LogP contribution is 2.36. The molecule has 1 fully saturated rings. The van der Waals surface area contributed by atoms with E-state index in [1.165, 1.54) is 6.92 Å². The first kappa shape index (κ1) is 21.7. The van der Waals surface area contributed by atoms with Gasteiger partial charge in [0.1, 0.15) is 6.04 Å². The second-order valence-corrected chi connectivity index (χ2v) is 8.36. The monoisotopic (exact) mass is 434 g/mol. The van der Waals surface area contributed by atoms with Crippen LogP contribution in [0.4, 0.5) is 0 Å². The lowest BCUT2D eigenvalue weighted by molar-refractivity contribution is -0.157. The number of benzene rings is 1. The van der Waals surface area contributed by atoms with E-state index in [4.69, 9.17) is 4.74 Å². The van der Waals surface area contributed by atoms with Gasteiger partial charge in [0.2, 0.25) is 17.6 Å². The quantitative estimate of drug-likeness (QED) is 0.302. The Bertz CT molecular complexity index is 1090. The second-order valence-electron chi connectivity index (χ2n) is 8.36. The number of allylic oxidation sites excluding steroid dienone is 2. The molecule has 0 spiro atoms. The number of likely N-dealkylation sites (tertiary alicyclic amines) is 1. The Hall–Kier alpha value is -3.48. The van der Waals surface area contributed by atoms with E-state index in [-0.39, 0.29) is 17.6 Å². The Balaban J connectivity index is 1.43. The van der Waals surface area contributed by atoms with Crippen molar-refractivity contribution in [2.45, 2.75) is 39.7 Å². The van der Waals surface area contributed by atoms with Crippen LogP contribution in [0.3, 0.4) is 0 Å². The SMILES string of the molecule is Cc1cc(C(=O)COC(=O)[C@H](C)N2C(=O)C3CC=CCC3C2=O)c(C)n1-c1ccccc1. The van der Waals surface area contributed by atoms with Gasteiger partial charge in [0, 0.05) is 22.6 Å². The fraction of sp³-hybridized carbons (Fsp3) is 0.360. The van der Waals surface area contributed by atoms with Crippen molar-refractivity contribution in [1.82, 2.24) is 9.47 Å². The zero-order chi connectivity index (χ0) is 23.0. The number of nitrogens with zero attached hydrogens (tertiary/aromatic N) is 2. The van der Waals surface area contributed by atoms with Crippen LogP contribution in [0.2, 0.25) is 0 Å². The van der Waals surface area contributed by atoms with Gasteiger partial charge in [0.15, 0.2) is 6.61 Å². The number of hydrogen-bond donors (Lipinski definition) is 0. The number of rotatable bonds is 6. The van der Waals surface area contributed by atoms with Gasteiger partial charge in [0.05, 0.1) is 11.8 Å². The van der Waals surface area contributed by atoms with Crippen molar-refractivity contribution in [2.75, 3.05) is 6.61 Å². The Morgan fingerprint density at radius 1 is 1.03 bits per heavy atom. The van der Waals surface area contributed by atoms with Crippen molar-refractivity contribution in [3.05, 3.63) is 65.5 Å². The number of carbonyl (C=O) groups excluding carboxylic acids is 4. The fourth-order valence-corrected chi connectivity index (χ4v) is 4.67. The maximum atomic E-state index is 12.8. The van der Waals surface area contributed by atoms with Gasteiger partial charge in [0.25, 0.3) is 0 Å². The number of esters is 1. The number of aromatic nitrogens is 1. The zero-order valence-electron chi connectivity index (χ0n) is 18.4. The average molecular weight is 434 g/mol. The summed E-state index contributed by atoms with van der Waals surface area (Å²) in [4.78, 5) is 51.7. The van der Waals surface area contributed by atoms with E-state index in [0.29, 0.717) is 18.4 Å². The Kier molecular flexibility index (Phi) is 5.82. The predicted octanol–water partition coefficient (Wildman–Crippen LogP) is 3.16. The van der Waals surface area contributed by atoms with Gasteiger partial charge in [-0.25, -0.2) is 4.79 Å². The van der Waals surface area contributed by atoms with Crippen molar-refractivity contribution < 1.29 is 23.9 Å². The molecule has 2 unspecified atom stereocenters. The number of para-hydroxylation sites is 1. The average Bonchev–Trinajstić information content (AvgIpc) is 3.24. The Morgan fingerprint density at radius 2 is 1.62 bits per heavy atom. The number of ketones is 1. The molecule has 7 nitrogen and oxygen atoms in total. The summed E-state index contributed by atoms with van der Waals surface area (Å²) >= 11 is 0. The summed E-state index contributed by atoms with van der Waals surface area (Å²) in [7, 11) is 0. The largest absolute Gasteiger partial charge is 0.456 e. The molecule has 2 heterocycles. The summed E-state index contributed by atoms with van der Waals surface area (Å²) < 4.78 is 7.20. The van der Waals surface area contributed by atoms with Crippen LogP contribution in [-0.4, -0.2) is 45.7 Å². The summed E-state index contributed by atoms with van der Waals surface area (Å²) in [5, 5.41) is 0. The third kappa shape index (κ3) is 3.68. The van der Waals surface area contributed by atoms with Crippen molar-refractivity contribution in [3.8, 4) is 5.69 Å². The number of aryl methyl sites for hydroxylation is 1. The van der Waals surface area contributed by atoms with Crippen LogP contribution in [0.5, 0.6) is 0 Å². The lowest BCUT2D eigenvalue weighted by Crippen LogP contribution is -2.44. The molecule has 2 aromatic rings. The minimum absolute atomic E-state index is 0.335. The number of carbonyl (C=O) groups is 4. The molecule has 166 valence electrons. The number of hydrogen-bond acceptors (Lipinski definition) is 5. The molecule has 4 rings (SSSR count). The topological polar surface area (TPSA) is 85.7 Å². The maximum Gasteiger partial charge on any atom is 0.329 e. The van der Waals surface area contributed by atoms with Crippen LogP contribution in [0, 0.1) is 25.7 Å². The van der Waals surface area contributed by atoms with Crippen LogP contribution >= 0.6 is 0 Å². The summed E-state index contributed by atoms with van der Waals surface area (Å²) in [5.41, 5.74) is 3.05. The molecule has 1 aliphatic carbocycles. The summed E-state index contributed by atoms with van der Waals surface area (Å²) in [6, 6.07) is 10.4. The van der Waals surface area contributed by atoms with Gasteiger partial charge in [-0.05, 0) is 51.8 Å². The third-order valence-electron chi connectivity index (χ3n) is 6.36. The number of amides is 2. The van der Waals surface area contributed by atoms with Gasteiger partial charge >= 0.3 is 5.97 Å². The number of imide groups is 1. The molecular weight excluding hydrogens is 408 g/mol. The highest BCUT2D eigenvalue weighted by molar-refractivity contribution is 6.08. The zero-order valence-corrected chi connectivity index (χ0v) is 18.4. The standard InChI is InChI=1S/C25H26N2O5/c1-15-13-21(16(2)26(15)18-9-5-4-6-10-18)22(28)14-32-25(31)17(3)27-23(29)19-11-7-8-12-20(19)24(27)30/h4-10,13,17,19-20H,11-12,14H2,1-3H3/t17-,19?,20?/m0/s1. The third-order valence-corrected chi connectivity index (χ3v) is 6.36. The highest BCUT2D eigenvalue weighted by atomic mass is 16.5. The van der Waals surface area contributed by atoms with Crippen LogP contribution in [0.1, 0.15) is 41.5 Å². The first-order valence-electron chi connectivity index (χ1n) is 10.8. The summed E-state index contributed by atoms with van der Waals surface area (Å²) in [6.45, 7) is 4.76. The molecule has 2 amide bonds. The molecule has 3 atom stereocenters.